The zero-order valence-corrected chi connectivity index (χ0v) is 12.8. The van der Waals surface area contributed by atoms with Crippen molar-refractivity contribution in [2.24, 2.45) is 0 Å². The molecule has 2 aromatic rings. The van der Waals surface area contributed by atoms with E-state index < -0.39 is 6.10 Å². The number of thiazole rings is 1. The molecule has 112 valence electrons. The Hall–Kier alpha value is -1.92. The molecule has 0 saturated carbocycles. The molecule has 0 fully saturated rings. The van der Waals surface area contributed by atoms with Crippen LogP contribution < -0.4 is 4.74 Å². The third kappa shape index (κ3) is 4.27. The Morgan fingerprint density at radius 3 is 3.00 bits per heavy atom. The summed E-state index contributed by atoms with van der Waals surface area (Å²) in [4.78, 5) is 18.0. The molecular formula is C15H18N2O3S. The highest BCUT2D eigenvalue weighted by molar-refractivity contribution is 7.09. The molecule has 2 rings (SSSR count). The molecule has 0 spiro atoms. The third-order valence-electron chi connectivity index (χ3n) is 2.97. The van der Waals surface area contributed by atoms with Crippen molar-refractivity contribution < 1.29 is 14.6 Å². The normalized spacial score (nSPS) is 12.0. The van der Waals surface area contributed by atoms with Crippen LogP contribution in [0.3, 0.4) is 0 Å². The first kappa shape index (κ1) is 15.5. The average Bonchev–Trinajstić information content (AvgIpc) is 2.99. The van der Waals surface area contributed by atoms with Gasteiger partial charge in [-0.3, -0.25) is 4.79 Å². The first-order valence-electron chi connectivity index (χ1n) is 6.60. The van der Waals surface area contributed by atoms with E-state index in [-0.39, 0.29) is 12.5 Å². The second kappa shape index (κ2) is 7.19. The topological polar surface area (TPSA) is 62.7 Å². The number of rotatable bonds is 6. The molecule has 21 heavy (non-hydrogen) atoms. The van der Waals surface area contributed by atoms with Crippen LogP contribution in [0.25, 0.3) is 0 Å². The van der Waals surface area contributed by atoms with E-state index in [1.54, 1.807) is 49.3 Å². The maximum absolute atomic E-state index is 12.3. The number of aliphatic hydroxyl groups excluding tert-OH is 1. The molecule has 1 heterocycles. The molecule has 0 saturated heterocycles. The third-order valence-corrected chi connectivity index (χ3v) is 3.74. The second-order valence-electron chi connectivity index (χ2n) is 4.69. The highest BCUT2D eigenvalue weighted by Crippen LogP contribution is 2.16. The number of aliphatic hydroxyl groups is 1. The van der Waals surface area contributed by atoms with Gasteiger partial charge in [0.25, 0.3) is 5.91 Å². The summed E-state index contributed by atoms with van der Waals surface area (Å²) in [5.74, 6) is 0.463. The molecular weight excluding hydrogens is 288 g/mol. The molecule has 5 nitrogen and oxygen atoms in total. The lowest BCUT2D eigenvalue weighted by atomic mass is 10.2. The van der Waals surface area contributed by atoms with Gasteiger partial charge in [-0.05, 0) is 24.6 Å². The lowest BCUT2D eigenvalue weighted by Gasteiger charge is -2.21. The quantitative estimate of drug-likeness (QED) is 0.887. The van der Waals surface area contributed by atoms with E-state index >= 15 is 0 Å². The zero-order chi connectivity index (χ0) is 15.2. The Morgan fingerprint density at radius 2 is 2.33 bits per heavy atom. The largest absolute Gasteiger partial charge is 0.481 e. The molecule has 6 heteroatoms. The van der Waals surface area contributed by atoms with Gasteiger partial charge in [-0.2, -0.15) is 0 Å². The molecule has 0 radical (unpaired) electrons. The second-order valence-corrected chi connectivity index (χ2v) is 5.66. The number of hydrogen-bond acceptors (Lipinski definition) is 5. The van der Waals surface area contributed by atoms with Crippen LogP contribution in [0.5, 0.6) is 5.75 Å². The number of likely N-dealkylation sites (N-methyl/N-ethyl adjacent to an activating group) is 1. The van der Waals surface area contributed by atoms with Crippen molar-refractivity contribution >= 4 is 17.2 Å². The summed E-state index contributed by atoms with van der Waals surface area (Å²) < 4.78 is 5.64. The molecule has 0 aliphatic heterocycles. The fraction of sp³-hybridized carbons (Fsp3) is 0.333. The predicted molar refractivity (Wildman–Crippen MR) is 81.0 cm³/mol. The number of carbonyl (C=O) groups is 1. The number of aromatic nitrogens is 1. The molecule has 1 N–H and O–H groups in total. The van der Waals surface area contributed by atoms with Crippen LogP contribution >= 0.6 is 11.3 Å². The average molecular weight is 306 g/mol. The van der Waals surface area contributed by atoms with Crippen LogP contribution in [0, 0.1) is 0 Å². The van der Waals surface area contributed by atoms with Crippen LogP contribution in [0.2, 0.25) is 0 Å². The molecule has 0 aliphatic rings. The Balaban J connectivity index is 1.95. The monoisotopic (exact) mass is 306 g/mol. The van der Waals surface area contributed by atoms with Crippen LogP contribution in [-0.2, 0) is 17.9 Å². The lowest BCUT2D eigenvalue weighted by Crippen LogP contribution is -2.37. The highest BCUT2D eigenvalue weighted by atomic mass is 32.1. The molecule has 1 atom stereocenters. The fourth-order valence-electron chi connectivity index (χ4n) is 1.89. The van der Waals surface area contributed by atoms with Crippen molar-refractivity contribution in [3.8, 4) is 5.75 Å². The van der Waals surface area contributed by atoms with Crippen molar-refractivity contribution in [2.45, 2.75) is 26.2 Å². The molecule has 0 aliphatic carbocycles. The Labute approximate surface area is 127 Å². The summed E-state index contributed by atoms with van der Waals surface area (Å²) in [6.07, 6.45) is 1.13. The SMILES string of the molecule is CC(Oc1cccc(CO)c1)C(=O)N(C)Cc1nccs1. The number of ether oxygens (including phenoxy) is 1. The van der Waals surface area contributed by atoms with E-state index in [4.69, 9.17) is 9.84 Å². The van der Waals surface area contributed by atoms with Crippen LogP contribution in [0.15, 0.2) is 35.8 Å². The summed E-state index contributed by atoms with van der Waals surface area (Å²) in [6.45, 7) is 2.14. The number of amides is 1. The van der Waals surface area contributed by atoms with Crippen molar-refractivity contribution in [2.75, 3.05) is 7.05 Å². The fourth-order valence-corrected chi connectivity index (χ4v) is 2.56. The van der Waals surface area contributed by atoms with Crippen LogP contribution in [-0.4, -0.2) is 34.0 Å². The van der Waals surface area contributed by atoms with E-state index in [1.165, 1.54) is 11.3 Å². The van der Waals surface area contributed by atoms with Gasteiger partial charge in [0, 0.05) is 18.6 Å². The van der Waals surface area contributed by atoms with Gasteiger partial charge in [0.1, 0.15) is 10.8 Å². The van der Waals surface area contributed by atoms with Gasteiger partial charge in [0.2, 0.25) is 0 Å². The molecule has 1 unspecified atom stereocenters. The van der Waals surface area contributed by atoms with Gasteiger partial charge >= 0.3 is 0 Å². The summed E-state index contributed by atoms with van der Waals surface area (Å²) in [7, 11) is 1.73. The van der Waals surface area contributed by atoms with Gasteiger partial charge in [0.05, 0.1) is 13.2 Å². The van der Waals surface area contributed by atoms with Gasteiger partial charge in [-0.15, -0.1) is 11.3 Å². The number of benzene rings is 1. The molecule has 1 aromatic carbocycles. The Morgan fingerprint density at radius 1 is 1.52 bits per heavy atom. The first-order chi connectivity index (χ1) is 10.1. The van der Waals surface area contributed by atoms with Crippen LogP contribution in [0.4, 0.5) is 0 Å². The van der Waals surface area contributed by atoms with Gasteiger partial charge < -0.3 is 14.7 Å². The minimum atomic E-state index is -0.594. The minimum absolute atomic E-state index is 0.0521. The van der Waals surface area contributed by atoms with Gasteiger partial charge in [0.15, 0.2) is 6.10 Å². The van der Waals surface area contributed by atoms with Crippen molar-refractivity contribution in [3.63, 3.8) is 0 Å². The van der Waals surface area contributed by atoms with Gasteiger partial charge in [-0.1, -0.05) is 12.1 Å². The highest BCUT2D eigenvalue weighted by Gasteiger charge is 2.20. The Kier molecular flexibility index (Phi) is 5.30. The lowest BCUT2D eigenvalue weighted by molar-refractivity contribution is -0.137. The predicted octanol–water partition coefficient (Wildman–Crippen LogP) is 2.06. The summed E-state index contributed by atoms with van der Waals surface area (Å²) in [5, 5.41) is 11.9. The number of carbonyl (C=O) groups excluding carboxylic acids is 1. The van der Waals surface area contributed by atoms with Crippen molar-refractivity contribution in [3.05, 3.63) is 46.4 Å². The van der Waals surface area contributed by atoms with E-state index in [2.05, 4.69) is 4.98 Å². The summed E-state index contributed by atoms with van der Waals surface area (Å²) in [5.41, 5.74) is 0.753. The van der Waals surface area contributed by atoms with Crippen LogP contribution in [0.1, 0.15) is 17.5 Å². The zero-order valence-electron chi connectivity index (χ0n) is 12.0. The maximum atomic E-state index is 12.3. The minimum Gasteiger partial charge on any atom is -0.481 e. The first-order valence-corrected chi connectivity index (χ1v) is 7.48. The maximum Gasteiger partial charge on any atom is 0.263 e. The van der Waals surface area contributed by atoms with E-state index in [0.29, 0.717) is 12.3 Å². The smallest absolute Gasteiger partial charge is 0.263 e. The standard InChI is InChI=1S/C15H18N2O3S/c1-11(20-13-5-3-4-12(8-13)10-18)15(19)17(2)9-14-16-6-7-21-14/h3-8,11,18H,9-10H2,1-2H3. The number of hydrogen-bond donors (Lipinski definition) is 1. The molecule has 0 bridgehead atoms. The van der Waals surface area contributed by atoms with Gasteiger partial charge in [-0.25, -0.2) is 4.98 Å². The van der Waals surface area contributed by atoms with E-state index in [9.17, 15) is 4.79 Å². The molecule has 1 aromatic heterocycles. The van der Waals surface area contributed by atoms with E-state index in [0.717, 1.165) is 10.6 Å². The van der Waals surface area contributed by atoms with Crippen molar-refractivity contribution in [1.29, 1.82) is 0 Å². The van der Waals surface area contributed by atoms with Crippen molar-refractivity contribution in [1.82, 2.24) is 9.88 Å². The Bertz CT molecular complexity index is 586. The summed E-state index contributed by atoms with van der Waals surface area (Å²) in [6, 6.07) is 7.08. The molecule has 1 amide bonds. The van der Waals surface area contributed by atoms with E-state index in [1.807, 2.05) is 5.38 Å². The summed E-state index contributed by atoms with van der Waals surface area (Å²) >= 11 is 1.52. The number of nitrogens with zero attached hydrogens (tertiary/aromatic N) is 2.